The van der Waals surface area contributed by atoms with Crippen LogP contribution in [0.3, 0.4) is 0 Å². The minimum Gasteiger partial charge on any atom is -0.385 e. The first-order valence-corrected chi connectivity index (χ1v) is 10.8. The van der Waals surface area contributed by atoms with Crippen LogP contribution in [0.4, 0.5) is 5.00 Å². The Bertz CT molecular complexity index is 802. The average Bonchev–Trinajstić information content (AvgIpc) is 3.08. The molecule has 150 valence electrons. The predicted octanol–water partition coefficient (Wildman–Crippen LogP) is 3.96. The Morgan fingerprint density at radius 2 is 1.93 bits per heavy atom. The Balaban J connectivity index is 1.68. The van der Waals surface area contributed by atoms with Crippen LogP contribution in [0.15, 0.2) is 30.3 Å². The summed E-state index contributed by atoms with van der Waals surface area (Å²) in [7, 11) is 1.65. The lowest BCUT2D eigenvalue weighted by molar-refractivity contribution is -0.116. The lowest BCUT2D eigenvalue weighted by Gasteiger charge is -2.13. The van der Waals surface area contributed by atoms with Gasteiger partial charge in [-0.15, -0.1) is 11.3 Å². The molecule has 0 unspecified atom stereocenters. The number of anilines is 1. The van der Waals surface area contributed by atoms with Gasteiger partial charge in [-0.1, -0.05) is 30.3 Å². The average molecular weight is 401 g/mol. The van der Waals surface area contributed by atoms with Crippen molar-refractivity contribution in [2.45, 2.75) is 44.9 Å². The van der Waals surface area contributed by atoms with Gasteiger partial charge >= 0.3 is 0 Å². The van der Waals surface area contributed by atoms with Gasteiger partial charge in [-0.25, -0.2) is 0 Å². The molecule has 0 saturated heterocycles. The number of ether oxygens (including phenoxy) is 1. The van der Waals surface area contributed by atoms with Gasteiger partial charge in [0.05, 0.1) is 5.56 Å². The van der Waals surface area contributed by atoms with Crippen molar-refractivity contribution in [2.75, 3.05) is 25.6 Å². The van der Waals surface area contributed by atoms with Crippen molar-refractivity contribution in [3.8, 4) is 0 Å². The van der Waals surface area contributed by atoms with Crippen LogP contribution < -0.4 is 10.6 Å². The van der Waals surface area contributed by atoms with E-state index in [0.717, 1.165) is 43.2 Å². The molecule has 1 aromatic heterocycles. The Morgan fingerprint density at radius 3 is 2.71 bits per heavy atom. The number of rotatable bonds is 9. The number of carbonyl (C=O) groups excluding carboxylic acids is 2. The fraction of sp³-hybridized carbons (Fsp3) is 0.455. The first-order valence-electron chi connectivity index (χ1n) is 9.94. The topological polar surface area (TPSA) is 67.4 Å². The standard InChI is InChI=1S/C22H28N2O3S/c1-27-15-7-14-23-21(26)20-17-10-5-6-11-18(17)28-22(20)24-19(25)13-12-16-8-3-2-4-9-16/h2-4,8-9H,5-7,10-15H2,1H3,(H,23,26)(H,24,25). The van der Waals surface area contributed by atoms with E-state index < -0.39 is 0 Å². The summed E-state index contributed by atoms with van der Waals surface area (Å²) in [6.45, 7) is 1.18. The van der Waals surface area contributed by atoms with Crippen LogP contribution in [0, 0.1) is 0 Å². The van der Waals surface area contributed by atoms with E-state index in [1.54, 1.807) is 18.4 Å². The van der Waals surface area contributed by atoms with Gasteiger partial charge in [0.1, 0.15) is 5.00 Å². The predicted molar refractivity (Wildman–Crippen MR) is 113 cm³/mol. The molecule has 5 nitrogen and oxygen atoms in total. The molecule has 0 bridgehead atoms. The molecule has 0 radical (unpaired) electrons. The van der Waals surface area contributed by atoms with E-state index in [1.807, 2.05) is 30.3 Å². The highest BCUT2D eigenvalue weighted by Crippen LogP contribution is 2.38. The van der Waals surface area contributed by atoms with Crippen LogP contribution in [-0.4, -0.2) is 32.1 Å². The van der Waals surface area contributed by atoms with Crippen molar-refractivity contribution in [1.29, 1.82) is 0 Å². The highest BCUT2D eigenvalue weighted by Gasteiger charge is 2.26. The van der Waals surface area contributed by atoms with Gasteiger partial charge in [-0.3, -0.25) is 9.59 Å². The first-order chi connectivity index (χ1) is 13.7. The van der Waals surface area contributed by atoms with Crippen molar-refractivity contribution in [3.63, 3.8) is 0 Å². The van der Waals surface area contributed by atoms with Crippen LogP contribution in [0.1, 0.15) is 52.0 Å². The summed E-state index contributed by atoms with van der Waals surface area (Å²) in [6, 6.07) is 9.97. The number of carbonyl (C=O) groups is 2. The summed E-state index contributed by atoms with van der Waals surface area (Å²) in [5, 5.41) is 6.70. The highest BCUT2D eigenvalue weighted by atomic mass is 32.1. The van der Waals surface area contributed by atoms with Gasteiger partial charge < -0.3 is 15.4 Å². The molecule has 0 fully saturated rings. The van der Waals surface area contributed by atoms with E-state index in [4.69, 9.17) is 4.74 Å². The zero-order chi connectivity index (χ0) is 19.8. The molecular formula is C22H28N2O3S. The number of aryl methyl sites for hydroxylation is 2. The van der Waals surface area contributed by atoms with Crippen molar-refractivity contribution >= 4 is 28.2 Å². The molecule has 6 heteroatoms. The number of hydrogen-bond donors (Lipinski definition) is 2. The Labute approximate surface area is 170 Å². The second kappa shape index (κ2) is 10.4. The van der Waals surface area contributed by atoms with E-state index in [9.17, 15) is 9.59 Å². The zero-order valence-electron chi connectivity index (χ0n) is 16.4. The minimum atomic E-state index is -0.0890. The van der Waals surface area contributed by atoms with E-state index in [2.05, 4.69) is 10.6 Å². The largest absolute Gasteiger partial charge is 0.385 e. The van der Waals surface area contributed by atoms with Crippen LogP contribution in [0.2, 0.25) is 0 Å². The number of benzene rings is 1. The molecule has 2 amide bonds. The molecule has 2 N–H and O–H groups in total. The molecule has 1 aromatic carbocycles. The Hall–Kier alpha value is -2.18. The van der Waals surface area contributed by atoms with Gasteiger partial charge in [-0.05, 0) is 49.7 Å². The molecule has 0 spiro atoms. The number of nitrogens with one attached hydrogen (secondary N) is 2. The van der Waals surface area contributed by atoms with E-state index in [1.165, 1.54) is 4.88 Å². The number of methoxy groups -OCH3 is 1. The van der Waals surface area contributed by atoms with Gasteiger partial charge in [0.2, 0.25) is 5.91 Å². The summed E-state index contributed by atoms with van der Waals surface area (Å²) >= 11 is 1.57. The van der Waals surface area contributed by atoms with E-state index in [0.29, 0.717) is 36.6 Å². The van der Waals surface area contributed by atoms with Gasteiger partial charge in [0.15, 0.2) is 0 Å². The highest BCUT2D eigenvalue weighted by molar-refractivity contribution is 7.17. The maximum atomic E-state index is 12.8. The van der Waals surface area contributed by atoms with E-state index >= 15 is 0 Å². The number of amides is 2. The third kappa shape index (κ3) is 5.42. The number of hydrogen-bond acceptors (Lipinski definition) is 4. The molecule has 1 aliphatic carbocycles. The SMILES string of the molecule is COCCCNC(=O)c1c(NC(=O)CCc2ccccc2)sc2c1CCCC2. The molecule has 1 heterocycles. The third-order valence-corrected chi connectivity index (χ3v) is 6.15. The van der Waals surface area contributed by atoms with Crippen molar-refractivity contribution < 1.29 is 14.3 Å². The molecule has 0 aliphatic heterocycles. The lowest BCUT2D eigenvalue weighted by Crippen LogP contribution is -2.27. The maximum absolute atomic E-state index is 12.8. The normalized spacial score (nSPS) is 13.0. The summed E-state index contributed by atoms with van der Waals surface area (Å²) in [5.41, 5.74) is 2.93. The monoisotopic (exact) mass is 400 g/mol. The molecule has 1 aliphatic rings. The van der Waals surface area contributed by atoms with Crippen molar-refractivity contribution in [2.24, 2.45) is 0 Å². The van der Waals surface area contributed by atoms with Crippen LogP contribution in [-0.2, 0) is 28.8 Å². The fourth-order valence-electron chi connectivity index (χ4n) is 3.49. The Kier molecular flexibility index (Phi) is 7.62. The summed E-state index contributed by atoms with van der Waals surface area (Å²) < 4.78 is 5.04. The molecule has 2 aromatic rings. The zero-order valence-corrected chi connectivity index (χ0v) is 17.2. The molecule has 0 saturated carbocycles. The minimum absolute atomic E-state index is 0.0455. The summed E-state index contributed by atoms with van der Waals surface area (Å²) in [5.74, 6) is -0.134. The van der Waals surface area contributed by atoms with Gasteiger partial charge in [0.25, 0.3) is 5.91 Å². The second-order valence-electron chi connectivity index (χ2n) is 7.05. The number of fused-ring (bicyclic) bond motifs is 1. The lowest BCUT2D eigenvalue weighted by atomic mass is 9.95. The van der Waals surface area contributed by atoms with Gasteiger partial charge in [0, 0.05) is 31.6 Å². The maximum Gasteiger partial charge on any atom is 0.254 e. The Morgan fingerprint density at radius 1 is 1.14 bits per heavy atom. The first kappa shape index (κ1) is 20.6. The van der Waals surface area contributed by atoms with Crippen molar-refractivity contribution in [1.82, 2.24) is 5.32 Å². The molecule has 28 heavy (non-hydrogen) atoms. The van der Waals surface area contributed by atoms with E-state index in [-0.39, 0.29) is 11.8 Å². The number of thiophene rings is 1. The van der Waals surface area contributed by atoms with Crippen molar-refractivity contribution in [3.05, 3.63) is 51.9 Å². The third-order valence-electron chi connectivity index (χ3n) is 4.95. The van der Waals surface area contributed by atoms with Gasteiger partial charge in [-0.2, -0.15) is 0 Å². The van der Waals surface area contributed by atoms with Crippen LogP contribution in [0.25, 0.3) is 0 Å². The smallest absolute Gasteiger partial charge is 0.254 e. The van der Waals surface area contributed by atoms with Crippen LogP contribution >= 0.6 is 11.3 Å². The second-order valence-corrected chi connectivity index (χ2v) is 8.16. The quantitative estimate of drug-likeness (QED) is 0.626. The summed E-state index contributed by atoms with van der Waals surface area (Å²) in [6.07, 6.45) is 6.00. The summed E-state index contributed by atoms with van der Waals surface area (Å²) in [4.78, 5) is 26.6. The molecular weight excluding hydrogens is 372 g/mol. The molecule has 3 rings (SSSR count). The fourth-order valence-corrected chi connectivity index (χ4v) is 4.80. The molecule has 0 atom stereocenters. The van der Waals surface area contributed by atoms with Crippen LogP contribution in [0.5, 0.6) is 0 Å².